The fraction of sp³-hybridized carbons (Fsp3) is 0. The summed E-state index contributed by atoms with van der Waals surface area (Å²) in [5.41, 5.74) is 2.62. The smallest absolute Gasteiger partial charge is 0.280 e. The number of nitro groups is 1. The number of para-hydroxylation sites is 1. The van der Waals surface area contributed by atoms with E-state index in [-0.39, 0.29) is 11.6 Å². The minimum Gasteiger partial charge on any atom is -0.298 e. The van der Waals surface area contributed by atoms with Crippen LogP contribution in [0.4, 0.5) is 10.8 Å². The number of benzene rings is 1. The van der Waals surface area contributed by atoms with Gasteiger partial charge in [0.1, 0.15) is 0 Å². The van der Waals surface area contributed by atoms with E-state index in [1.54, 1.807) is 22.8 Å². The van der Waals surface area contributed by atoms with E-state index < -0.39 is 4.92 Å². The second-order valence-corrected chi connectivity index (χ2v) is 9.18. The maximum Gasteiger partial charge on any atom is 0.280 e. The predicted octanol–water partition coefficient (Wildman–Crippen LogP) is 6.31. The molecule has 31 heavy (non-hydrogen) atoms. The van der Waals surface area contributed by atoms with Crippen LogP contribution in [0, 0.1) is 10.1 Å². The van der Waals surface area contributed by atoms with Crippen molar-refractivity contribution in [1.29, 1.82) is 0 Å². The van der Waals surface area contributed by atoms with E-state index in [1.165, 1.54) is 34.1 Å². The lowest BCUT2D eigenvalue weighted by Crippen LogP contribution is -2.13. The van der Waals surface area contributed by atoms with Crippen molar-refractivity contribution in [2.75, 3.05) is 5.32 Å². The highest BCUT2D eigenvalue weighted by molar-refractivity contribution is 7.16. The quantitative estimate of drug-likeness (QED) is 0.243. The van der Waals surface area contributed by atoms with Crippen LogP contribution in [-0.4, -0.2) is 20.8 Å². The third-order valence-corrected chi connectivity index (χ3v) is 7.10. The molecule has 152 valence electrons. The number of nitrogens with zero attached hydrogens (tertiary/aromatic N) is 3. The fourth-order valence-electron chi connectivity index (χ4n) is 3.08. The van der Waals surface area contributed by atoms with Gasteiger partial charge in [0.15, 0.2) is 5.13 Å². The van der Waals surface area contributed by atoms with Crippen LogP contribution in [0.3, 0.4) is 0 Å². The van der Waals surface area contributed by atoms with Crippen LogP contribution in [0.2, 0.25) is 0 Å². The number of rotatable bonds is 5. The molecule has 1 amide bonds. The molecule has 0 fully saturated rings. The van der Waals surface area contributed by atoms with Crippen LogP contribution < -0.4 is 5.32 Å². The third kappa shape index (κ3) is 3.83. The van der Waals surface area contributed by atoms with Crippen molar-refractivity contribution < 1.29 is 9.72 Å². The van der Waals surface area contributed by atoms with Gasteiger partial charge in [0.25, 0.3) is 11.6 Å². The highest BCUT2D eigenvalue weighted by Crippen LogP contribution is 2.33. The third-order valence-electron chi connectivity index (χ3n) is 4.51. The summed E-state index contributed by atoms with van der Waals surface area (Å²) in [5.74, 6) is -0.283. The highest BCUT2D eigenvalue weighted by atomic mass is 32.1. The van der Waals surface area contributed by atoms with Crippen LogP contribution in [0.25, 0.3) is 32.0 Å². The lowest BCUT2D eigenvalue weighted by Gasteiger charge is -2.08. The highest BCUT2D eigenvalue weighted by Gasteiger charge is 2.17. The Kier molecular flexibility index (Phi) is 5.02. The number of aromatic nitrogens is 2. The lowest BCUT2D eigenvalue weighted by atomic mass is 10.1. The van der Waals surface area contributed by atoms with Gasteiger partial charge < -0.3 is 0 Å². The number of thiazole rings is 1. The monoisotopic (exact) mass is 464 g/mol. The van der Waals surface area contributed by atoms with Crippen molar-refractivity contribution in [3.63, 3.8) is 0 Å². The first-order chi connectivity index (χ1) is 15.1. The first kappa shape index (κ1) is 19.5. The average molecular weight is 465 g/mol. The van der Waals surface area contributed by atoms with E-state index in [2.05, 4.69) is 10.3 Å². The summed E-state index contributed by atoms with van der Waals surface area (Å²) < 4.78 is 0. The van der Waals surface area contributed by atoms with Crippen molar-refractivity contribution >= 4 is 61.6 Å². The Hall–Kier alpha value is -3.47. The molecule has 0 aliphatic carbocycles. The summed E-state index contributed by atoms with van der Waals surface area (Å²) in [6.07, 6.45) is 0. The van der Waals surface area contributed by atoms with E-state index in [1.807, 2.05) is 41.8 Å². The molecule has 7 nitrogen and oxygen atoms in total. The molecular formula is C21H12N4O3S3. The SMILES string of the molecule is O=C(Nc1nc(-c2cc([N+](=O)[O-])cs2)cs1)c1cc(-c2cccs2)nc2ccccc12. The van der Waals surface area contributed by atoms with E-state index in [0.717, 1.165) is 21.5 Å². The van der Waals surface area contributed by atoms with E-state index >= 15 is 0 Å². The summed E-state index contributed by atoms with van der Waals surface area (Å²) in [7, 11) is 0. The Morgan fingerprint density at radius 2 is 1.81 bits per heavy atom. The van der Waals surface area contributed by atoms with Gasteiger partial charge in [-0.05, 0) is 23.6 Å². The van der Waals surface area contributed by atoms with Gasteiger partial charge in [-0.2, -0.15) is 0 Å². The number of thiophene rings is 2. The molecule has 4 aromatic heterocycles. The Morgan fingerprint density at radius 3 is 2.58 bits per heavy atom. The van der Waals surface area contributed by atoms with Crippen LogP contribution in [-0.2, 0) is 0 Å². The molecule has 0 spiro atoms. The molecule has 0 saturated heterocycles. The molecule has 0 bridgehead atoms. The van der Waals surface area contributed by atoms with E-state index in [9.17, 15) is 14.9 Å². The van der Waals surface area contributed by atoms with Crippen molar-refractivity contribution in [3.05, 3.63) is 80.3 Å². The van der Waals surface area contributed by atoms with Gasteiger partial charge in [0, 0.05) is 16.8 Å². The fourth-order valence-corrected chi connectivity index (χ4v) is 5.36. The molecule has 1 aromatic carbocycles. The van der Waals surface area contributed by atoms with Gasteiger partial charge in [-0.25, -0.2) is 9.97 Å². The molecule has 5 rings (SSSR count). The predicted molar refractivity (Wildman–Crippen MR) is 125 cm³/mol. The largest absolute Gasteiger partial charge is 0.298 e. The first-order valence-electron chi connectivity index (χ1n) is 9.02. The number of carbonyl (C=O) groups is 1. The van der Waals surface area contributed by atoms with Crippen molar-refractivity contribution in [2.24, 2.45) is 0 Å². The van der Waals surface area contributed by atoms with Crippen molar-refractivity contribution in [3.8, 4) is 21.1 Å². The van der Waals surface area contributed by atoms with Gasteiger partial charge in [-0.1, -0.05) is 24.3 Å². The number of amides is 1. The molecule has 0 saturated carbocycles. The zero-order valence-corrected chi connectivity index (χ0v) is 18.1. The minimum atomic E-state index is -0.436. The first-order valence-corrected chi connectivity index (χ1v) is 11.7. The molecule has 1 N–H and O–H groups in total. The Bertz CT molecular complexity index is 1420. The standard InChI is InChI=1S/C21H12N4O3S3/c26-20(24-21-23-17(11-31-21)19-8-12(10-30-19)25(27)28)14-9-16(18-6-3-7-29-18)22-15-5-2-1-4-13(14)15/h1-11H,(H,23,24,26). The maximum absolute atomic E-state index is 13.1. The minimum absolute atomic E-state index is 0.0305. The number of nitrogens with one attached hydrogen (secondary N) is 1. The van der Waals surface area contributed by atoms with Gasteiger partial charge in [0.05, 0.1) is 42.5 Å². The van der Waals surface area contributed by atoms with E-state index in [0.29, 0.717) is 21.3 Å². The molecule has 5 aromatic rings. The normalized spacial score (nSPS) is 11.0. The number of hydrogen-bond acceptors (Lipinski definition) is 8. The zero-order chi connectivity index (χ0) is 21.4. The molecule has 0 unspecified atom stereocenters. The van der Waals surface area contributed by atoms with Gasteiger partial charge >= 0.3 is 0 Å². The van der Waals surface area contributed by atoms with Crippen molar-refractivity contribution in [1.82, 2.24) is 9.97 Å². The average Bonchev–Trinajstić information content (AvgIpc) is 3.54. The Balaban J connectivity index is 1.47. The summed E-state index contributed by atoms with van der Waals surface area (Å²) in [5, 5.41) is 20.2. The lowest BCUT2D eigenvalue weighted by molar-refractivity contribution is -0.384. The number of anilines is 1. The molecule has 4 heterocycles. The van der Waals surface area contributed by atoms with Crippen LogP contribution in [0.1, 0.15) is 10.4 Å². The molecule has 0 atom stereocenters. The molecule has 0 aliphatic rings. The zero-order valence-electron chi connectivity index (χ0n) is 15.6. The maximum atomic E-state index is 13.1. The molecule has 0 radical (unpaired) electrons. The summed E-state index contributed by atoms with van der Waals surface area (Å²) in [6, 6.07) is 14.7. The Labute approximate surface area is 187 Å². The van der Waals surface area contributed by atoms with Crippen molar-refractivity contribution in [2.45, 2.75) is 0 Å². The second kappa shape index (κ2) is 7.99. The summed E-state index contributed by atoms with van der Waals surface area (Å²) >= 11 is 4.08. The van der Waals surface area contributed by atoms with Gasteiger partial charge in [-0.15, -0.1) is 34.0 Å². The molecular weight excluding hydrogens is 452 g/mol. The number of hydrogen-bond donors (Lipinski definition) is 1. The summed E-state index contributed by atoms with van der Waals surface area (Å²) in [6.45, 7) is 0. The molecule has 10 heteroatoms. The number of fused-ring (bicyclic) bond motifs is 1. The van der Waals surface area contributed by atoms with Crippen LogP contribution in [0.15, 0.2) is 64.7 Å². The van der Waals surface area contributed by atoms with E-state index in [4.69, 9.17) is 4.98 Å². The summed E-state index contributed by atoms with van der Waals surface area (Å²) in [4.78, 5) is 34.4. The van der Waals surface area contributed by atoms with Crippen LogP contribution >= 0.6 is 34.0 Å². The number of pyridine rings is 1. The van der Waals surface area contributed by atoms with Crippen LogP contribution in [0.5, 0.6) is 0 Å². The second-order valence-electron chi connectivity index (χ2n) is 6.47. The van der Waals surface area contributed by atoms with Gasteiger partial charge in [0.2, 0.25) is 0 Å². The topological polar surface area (TPSA) is 98.0 Å². The molecule has 0 aliphatic heterocycles. The number of carbonyl (C=O) groups excluding carboxylic acids is 1. The van der Waals surface area contributed by atoms with Gasteiger partial charge in [-0.3, -0.25) is 20.2 Å². The Morgan fingerprint density at radius 1 is 0.935 bits per heavy atom.